The fraction of sp³-hybridized carbons (Fsp3) is 1.00. The molecule has 4 unspecified atom stereocenters. The first kappa shape index (κ1) is 30.1. The number of ether oxygens (including phenoxy) is 6. The van der Waals surface area contributed by atoms with Gasteiger partial charge in [-0.05, 0) is 12.8 Å². The van der Waals surface area contributed by atoms with E-state index in [-0.39, 0.29) is 17.9 Å². The Labute approximate surface area is 198 Å². The number of hydrogen-bond donors (Lipinski definition) is 0. The van der Waals surface area contributed by atoms with Crippen molar-refractivity contribution in [3.05, 3.63) is 0 Å². The largest absolute Gasteiger partial charge is 0.530 e. The molecule has 32 heavy (non-hydrogen) atoms. The summed E-state index contributed by atoms with van der Waals surface area (Å²) in [4.78, 5) is 0. The van der Waals surface area contributed by atoms with Crippen molar-refractivity contribution in [2.24, 2.45) is 0 Å². The number of hydrogen-bond acceptors (Lipinski definition) is 9. The van der Waals surface area contributed by atoms with Crippen molar-refractivity contribution in [3.63, 3.8) is 0 Å². The quantitative estimate of drug-likeness (QED) is 0.120. The van der Waals surface area contributed by atoms with Crippen LogP contribution in [0.25, 0.3) is 0 Å². The van der Waals surface area contributed by atoms with Crippen LogP contribution in [0.3, 0.4) is 0 Å². The molecule has 2 fully saturated rings. The second-order valence-corrected chi connectivity index (χ2v) is 12.6. The van der Waals surface area contributed by atoms with Gasteiger partial charge in [-0.3, -0.25) is 0 Å². The SMILES string of the molecule is CCC(OCC1CO1)C([SiH3])(OC)OC.CCCCCC(OCC1CO1)[Si](OC)(OC)OC. The molecule has 9 nitrogen and oxygen atoms in total. The van der Waals surface area contributed by atoms with Crippen LogP contribution >= 0.6 is 0 Å². The zero-order valence-corrected chi connectivity index (χ0v) is 24.3. The number of methoxy groups -OCH3 is 2. The van der Waals surface area contributed by atoms with E-state index in [9.17, 15) is 0 Å². The Morgan fingerprint density at radius 1 is 0.875 bits per heavy atom. The van der Waals surface area contributed by atoms with Gasteiger partial charge in [0.1, 0.15) is 24.0 Å². The van der Waals surface area contributed by atoms with Gasteiger partial charge in [-0.15, -0.1) is 0 Å². The summed E-state index contributed by atoms with van der Waals surface area (Å²) in [6, 6.07) is 0. The molecule has 192 valence electrons. The van der Waals surface area contributed by atoms with Crippen LogP contribution in [0.2, 0.25) is 0 Å². The summed E-state index contributed by atoms with van der Waals surface area (Å²) in [6.07, 6.45) is 5.80. The lowest BCUT2D eigenvalue weighted by atomic mass is 10.2. The Kier molecular flexibility index (Phi) is 14.9. The molecular formula is C21H46O9Si2. The van der Waals surface area contributed by atoms with Crippen molar-refractivity contribution in [2.75, 3.05) is 62.0 Å². The fourth-order valence-corrected chi connectivity index (χ4v) is 6.07. The highest BCUT2D eigenvalue weighted by molar-refractivity contribution is 6.62. The summed E-state index contributed by atoms with van der Waals surface area (Å²) in [6.45, 7) is 7.12. The Balaban J connectivity index is 0.000000330. The minimum atomic E-state index is -2.71. The molecule has 0 spiro atoms. The summed E-state index contributed by atoms with van der Waals surface area (Å²) >= 11 is 0. The van der Waals surface area contributed by atoms with Crippen LogP contribution in [-0.4, -0.2) is 110 Å². The summed E-state index contributed by atoms with van der Waals surface area (Å²) in [7, 11) is 6.28. The van der Waals surface area contributed by atoms with Crippen LogP contribution in [0, 0.1) is 0 Å². The second kappa shape index (κ2) is 15.9. The molecule has 0 aromatic heterocycles. The lowest BCUT2D eigenvalue weighted by Gasteiger charge is -2.34. The van der Waals surface area contributed by atoms with E-state index in [1.807, 2.05) is 0 Å². The van der Waals surface area contributed by atoms with E-state index in [0.717, 1.165) is 42.7 Å². The van der Waals surface area contributed by atoms with Crippen LogP contribution in [0.5, 0.6) is 0 Å². The van der Waals surface area contributed by atoms with Gasteiger partial charge in [-0.2, -0.15) is 0 Å². The Morgan fingerprint density at radius 2 is 1.38 bits per heavy atom. The molecule has 2 saturated heterocycles. The maximum atomic E-state index is 5.91. The topological polar surface area (TPSA) is 89.7 Å². The van der Waals surface area contributed by atoms with E-state index < -0.39 is 14.2 Å². The first-order chi connectivity index (χ1) is 15.4. The maximum absolute atomic E-state index is 5.91. The van der Waals surface area contributed by atoms with E-state index in [1.54, 1.807) is 35.5 Å². The molecule has 2 heterocycles. The molecule has 2 aliphatic rings. The molecule has 0 bridgehead atoms. The van der Waals surface area contributed by atoms with Gasteiger partial charge in [0.2, 0.25) is 0 Å². The minimum Gasteiger partial charge on any atom is -0.375 e. The van der Waals surface area contributed by atoms with E-state index in [1.165, 1.54) is 12.8 Å². The number of rotatable bonds is 18. The molecule has 0 aliphatic carbocycles. The van der Waals surface area contributed by atoms with Gasteiger partial charge in [-0.1, -0.05) is 33.1 Å². The second-order valence-electron chi connectivity index (χ2n) is 8.10. The van der Waals surface area contributed by atoms with Gasteiger partial charge < -0.3 is 41.7 Å². The summed E-state index contributed by atoms with van der Waals surface area (Å²) in [5.41, 5.74) is -0.628. The molecule has 2 aliphatic heterocycles. The molecule has 0 N–H and O–H groups in total. The zero-order valence-electron chi connectivity index (χ0n) is 21.3. The van der Waals surface area contributed by atoms with Crippen LogP contribution < -0.4 is 0 Å². The van der Waals surface area contributed by atoms with E-state index in [0.29, 0.717) is 19.3 Å². The maximum Gasteiger partial charge on any atom is 0.530 e. The van der Waals surface area contributed by atoms with Gasteiger partial charge >= 0.3 is 8.80 Å². The molecule has 0 aromatic carbocycles. The normalized spacial score (nSPS) is 22.2. The average Bonchev–Trinajstić information content (AvgIpc) is 3.74. The predicted octanol–water partition coefficient (Wildman–Crippen LogP) is 1.26. The average molecular weight is 499 g/mol. The van der Waals surface area contributed by atoms with Gasteiger partial charge in [0.05, 0.1) is 36.7 Å². The molecule has 4 atom stereocenters. The molecular weight excluding hydrogens is 452 g/mol. The number of epoxide rings is 2. The first-order valence-electron chi connectivity index (χ1n) is 11.6. The van der Waals surface area contributed by atoms with Gasteiger partial charge in [0.15, 0.2) is 5.41 Å². The number of unbranched alkanes of at least 4 members (excludes halogenated alkanes) is 2. The Hall–Kier alpha value is 0.0738. The van der Waals surface area contributed by atoms with Crippen molar-refractivity contribution in [2.45, 2.75) is 75.4 Å². The third-order valence-electron chi connectivity index (χ3n) is 5.86. The minimum absolute atomic E-state index is 0.00775. The molecule has 0 aromatic rings. The van der Waals surface area contributed by atoms with Crippen LogP contribution in [0.4, 0.5) is 0 Å². The highest BCUT2D eigenvalue weighted by Crippen LogP contribution is 2.23. The monoisotopic (exact) mass is 498 g/mol. The first-order valence-corrected chi connectivity index (χ1v) is 14.4. The van der Waals surface area contributed by atoms with Crippen molar-refractivity contribution in [3.8, 4) is 0 Å². The highest BCUT2D eigenvalue weighted by Gasteiger charge is 2.48. The van der Waals surface area contributed by atoms with Crippen LogP contribution in [0.15, 0.2) is 0 Å². The third kappa shape index (κ3) is 10.1. The lowest BCUT2D eigenvalue weighted by molar-refractivity contribution is -0.215. The van der Waals surface area contributed by atoms with Crippen molar-refractivity contribution < 1.29 is 41.7 Å². The molecule has 0 saturated carbocycles. The van der Waals surface area contributed by atoms with E-state index in [4.69, 9.17) is 41.7 Å². The fourth-order valence-electron chi connectivity index (χ4n) is 3.35. The molecule has 11 heteroatoms. The molecule has 0 amide bonds. The van der Waals surface area contributed by atoms with E-state index >= 15 is 0 Å². The summed E-state index contributed by atoms with van der Waals surface area (Å²) in [5.74, 6) is 0. The van der Waals surface area contributed by atoms with Crippen molar-refractivity contribution >= 4 is 19.0 Å². The van der Waals surface area contributed by atoms with Crippen LogP contribution in [-0.2, 0) is 41.7 Å². The highest BCUT2D eigenvalue weighted by atomic mass is 28.4. The van der Waals surface area contributed by atoms with Crippen molar-refractivity contribution in [1.82, 2.24) is 0 Å². The summed E-state index contributed by atoms with van der Waals surface area (Å²) < 4.78 is 49.2. The van der Waals surface area contributed by atoms with Crippen molar-refractivity contribution in [1.29, 1.82) is 0 Å². The van der Waals surface area contributed by atoms with Gasteiger partial charge in [0.25, 0.3) is 0 Å². The third-order valence-corrected chi connectivity index (χ3v) is 10.3. The molecule has 2 rings (SSSR count). The van der Waals surface area contributed by atoms with E-state index in [2.05, 4.69) is 13.8 Å². The smallest absolute Gasteiger partial charge is 0.375 e. The Morgan fingerprint density at radius 3 is 1.75 bits per heavy atom. The molecule has 0 radical (unpaired) electrons. The standard InChI is InChI=1S/C12H26O5Si.C9H20O4Si/c1-5-6-7-8-12(17-10-11-9-16-11)18(13-2,14-3)15-4;1-4-8(9(14,10-2)11-3)13-6-7-5-12-7/h11-12H,5-10H2,1-4H3;7-8H,4-6H2,1-3,14H3. The lowest BCUT2D eigenvalue weighted by Crippen LogP contribution is -2.55. The predicted molar refractivity (Wildman–Crippen MR) is 127 cm³/mol. The Bertz CT molecular complexity index is 462. The summed E-state index contributed by atoms with van der Waals surface area (Å²) in [5, 5.41) is 0. The zero-order chi connectivity index (χ0) is 24.0. The van der Waals surface area contributed by atoms with Gasteiger partial charge in [-0.25, -0.2) is 0 Å². The van der Waals surface area contributed by atoms with Crippen LogP contribution in [0.1, 0.15) is 46.0 Å². The van der Waals surface area contributed by atoms with Gasteiger partial charge in [0, 0.05) is 35.5 Å².